The molecular weight excluding hydrogens is 916 g/mol. The van der Waals surface area contributed by atoms with E-state index in [1.165, 1.54) is 69.1 Å². The van der Waals surface area contributed by atoms with Crippen LogP contribution < -0.4 is 67.4 Å². The predicted octanol–water partition coefficient (Wildman–Crippen LogP) is 9.43. The van der Waals surface area contributed by atoms with E-state index in [0.29, 0.717) is 0 Å². The van der Waals surface area contributed by atoms with Gasteiger partial charge in [-0.05, 0) is 110 Å². The first kappa shape index (κ1) is 46.4. The minimum absolute atomic E-state index is 0.0529. The van der Waals surface area contributed by atoms with Crippen LogP contribution in [0.1, 0.15) is 52.7 Å². The van der Waals surface area contributed by atoms with Crippen molar-refractivity contribution in [1.82, 2.24) is 0 Å². The van der Waals surface area contributed by atoms with Gasteiger partial charge in [0, 0.05) is 5.46 Å². The van der Waals surface area contributed by atoms with E-state index in [0.717, 1.165) is 34.0 Å². The van der Waals surface area contributed by atoms with Crippen LogP contribution in [0.15, 0.2) is 249 Å². The molecule has 0 aliphatic carbocycles. The summed E-state index contributed by atoms with van der Waals surface area (Å²) in [7, 11) is -6.45. The van der Waals surface area contributed by atoms with Crippen molar-refractivity contribution in [3.05, 3.63) is 260 Å². The molecule has 2 aliphatic rings. The van der Waals surface area contributed by atoms with Crippen LogP contribution in [0.2, 0.25) is 0 Å². The minimum Gasteiger partial charge on any atom is -0.458 e. The van der Waals surface area contributed by atoms with Crippen molar-refractivity contribution in [2.45, 2.75) is 52.4 Å². The molecule has 2 nitrogen and oxygen atoms in total. The fraction of sp³-hybridized carbons (Fsp3) is 0.118. The van der Waals surface area contributed by atoms with Crippen LogP contribution in [0.4, 0.5) is 0 Å². The summed E-state index contributed by atoms with van der Waals surface area (Å²) in [6.45, 7) is 13.7. The molecular formula is C68H59BO2Si2. The minimum atomic E-state index is -3.23. The summed E-state index contributed by atoms with van der Waals surface area (Å²) in [4.78, 5) is 0. The van der Waals surface area contributed by atoms with Gasteiger partial charge in [-0.1, -0.05) is 266 Å². The molecule has 2 heterocycles. The molecule has 73 heavy (non-hydrogen) atoms. The molecule has 0 bridgehead atoms. The Labute approximate surface area is 434 Å². The third-order valence-corrected chi connectivity index (χ3v) is 25.3. The molecule has 0 fully saturated rings. The largest absolute Gasteiger partial charge is 0.458 e. The summed E-state index contributed by atoms with van der Waals surface area (Å²) in [5.74, 6) is 3.44. The molecule has 12 rings (SSSR count). The van der Waals surface area contributed by atoms with Crippen LogP contribution in [0.5, 0.6) is 23.0 Å². The van der Waals surface area contributed by atoms with Crippen LogP contribution >= 0.6 is 0 Å². The molecule has 0 N–H and O–H groups in total. The summed E-state index contributed by atoms with van der Waals surface area (Å²) in [6, 6.07) is 93.8. The van der Waals surface area contributed by atoms with E-state index in [2.05, 4.69) is 290 Å². The van der Waals surface area contributed by atoms with Gasteiger partial charge in [0.15, 0.2) is 16.1 Å². The van der Waals surface area contributed by atoms with Gasteiger partial charge < -0.3 is 9.47 Å². The lowest BCUT2D eigenvalue weighted by atomic mass is 9.34. The van der Waals surface area contributed by atoms with Crippen molar-refractivity contribution in [2.24, 2.45) is 0 Å². The number of rotatable bonds is 9. The topological polar surface area (TPSA) is 18.5 Å². The SMILES string of the molecule is CC(C)(C)c1ccc2c(c1)B1c3cc(C(C)(C)C)ccc3Oc3cc(-c4c([Si](c5ccccc5)(c5ccccc5)c5ccccc5)cccc4[Si](c4ccccc4)(c4ccccc4)c4ccccc4)cc(c31)O2. The van der Waals surface area contributed by atoms with Crippen molar-refractivity contribution < 1.29 is 9.47 Å². The van der Waals surface area contributed by atoms with E-state index >= 15 is 0 Å². The Morgan fingerprint density at radius 1 is 0.315 bits per heavy atom. The van der Waals surface area contributed by atoms with Gasteiger partial charge in [0.2, 0.25) is 0 Å². The molecule has 0 saturated heterocycles. The number of fused-ring (bicyclic) bond motifs is 4. The van der Waals surface area contributed by atoms with E-state index in [9.17, 15) is 0 Å². The predicted molar refractivity (Wildman–Crippen MR) is 314 cm³/mol. The summed E-state index contributed by atoms with van der Waals surface area (Å²) >= 11 is 0. The second kappa shape index (κ2) is 18.1. The van der Waals surface area contributed by atoms with Gasteiger partial charge in [-0.2, -0.15) is 0 Å². The first-order valence-corrected chi connectivity index (χ1v) is 29.8. The highest BCUT2D eigenvalue weighted by atomic mass is 28.3. The Hall–Kier alpha value is -7.70. The fourth-order valence-corrected chi connectivity index (χ4v) is 22.3. The maximum atomic E-state index is 7.37. The highest BCUT2D eigenvalue weighted by Gasteiger charge is 2.49. The number of ether oxygens (including phenoxy) is 2. The molecule has 0 saturated carbocycles. The highest BCUT2D eigenvalue weighted by molar-refractivity contribution is 7.23. The normalized spacial score (nSPS) is 13.0. The smallest absolute Gasteiger partial charge is 0.260 e. The van der Waals surface area contributed by atoms with Crippen LogP contribution in [0.3, 0.4) is 0 Å². The molecule has 354 valence electrons. The molecule has 0 atom stereocenters. The van der Waals surface area contributed by atoms with E-state index in [1.54, 1.807) is 0 Å². The lowest BCUT2D eigenvalue weighted by molar-refractivity contribution is 0.464. The van der Waals surface area contributed by atoms with Crippen molar-refractivity contribution in [1.29, 1.82) is 0 Å². The van der Waals surface area contributed by atoms with Crippen molar-refractivity contribution >= 4 is 80.7 Å². The molecule has 10 aromatic carbocycles. The molecule has 0 aromatic heterocycles. The summed E-state index contributed by atoms with van der Waals surface area (Å²) in [6.07, 6.45) is 0. The zero-order valence-electron chi connectivity index (χ0n) is 42.6. The third-order valence-electron chi connectivity index (χ3n) is 15.6. The maximum Gasteiger partial charge on any atom is 0.260 e. The second-order valence-corrected chi connectivity index (χ2v) is 29.5. The number of benzene rings is 10. The Kier molecular flexibility index (Phi) is 11.5. The van der Waals surface area contributed by atoms with Crippen LogP contribution in [0.25, 0.3) is 11.1 Å². The Morgan fingerprint density at radius 3 is 0.904 bits per heavy atom. The molecule has 0 radical (unpaired) electrons. The zero-order valence-corrected chi connectivity index (χ0v) is 44.6. The first-order valence-electron chi connectivity index (χ1n) is 25.8. The van der Waals surface area contributed by atoms with Gasteiger partial charge in [-0.3, -0.25) is 0 Å². The highest BCUT2D eigenvalue weighted by Crippen LogP contribution is 2.40. The van der Waals surface area contributed by atoms with E-state index < -0.39 is 16.1 Å². The van der Waals surface area contributed by atoms with Gasteiger partial charge >= 0.3 is 0 Å². The average molecular weight is 975 g/mol. The van der Waals surface area contributed by atoms with Gasteiger partial charge in [0.25, 0.3) is 6.71 Å². The lowest BCUT2D eigenvalue weighted by Gasteiger charge is -2.41. The summed E-state index contributed by atoms with van der Waals surface area (Å²) in [5, 5.41) is 10.5. The van der Waals surface area contributed by atoms with Gasteiger partial charge in [-0.15, -0.1) is 0 Å². The maximum absolute atomic E-state index is 7.37. The molecule has 0 spiro atoms. The van der Waals surface area contributed by atoms with Gasteiger partial charge in [0.05, 0.1) is 0 Å². The van der Waals surface area contributed by atoms with Crippen molar-refractivity contribution in [3.8, 4) is 34.1 Å². The monoisotopic (exact) mass is 974 g/mol. The zero-order chi connectivity index (χ0) is 50.0. The Bertz CT molecular complexity index is 3200. The second-order valence-electron chi connectivity index (χ2n) is 22.0. The van der Waals surface area contributed by atoms with Crippen LogP contribution in [0, 0.1) is 0 Å². The Balaban J connectivity index is 1.26. The molecule has 2 aliphatic heterocycles. The number of hydrogen-bond acceptors (Lipinski definition) is 2. The standard InChI is InChI=1S/C68H59BO2Si2/c1-67(2,3)49-40-42-59-57(46-49)69-58-47-50(68(4,5)6)41-43-60(58)71-62-45-48(44-61(70-59)66(62)69)65-63(72(51-26-13-7-14-27-51,52-28-15-8-16-29-52)53-30-17-9-18-31-53)38-25-39-64(65)73(54-32-19-10-20-33-54,55-34-21-11-22-35-55)56-36-23-12-24-37-56/h7-47H,1-6H3. The van der Waals surface area contributed by atoms with Crippen LogP contribution in [-0.4, -0.2) is 22.9 Å². The van der Waals surface area contributed by atoms with E-state index in [-0.39, 0.29) is 17.5 Å². The molecule has 5 heteroatoms. The van der Waals surface area contributed by atoms with Crippen molar-refractivity contribution in [3.63, 3.8) is 0 Å². The van der Waals surface area contributed by atoms with Gasteiger partial charge in [0.1, 0.15) is 23.0 Å². The lowest BCUT2D eigenvalue weighted by Crippen LogP contribution is -2.78. The third kappa shape index (κ3) is 7.68. The number of hydrogen-bond donors (Lipinski definition) is 0. The first-order chi connectivity index (χ1) is 35.5. The van der Waals surface area contributed by atoms with Crippen LogP contribution in [-0.2, 0) is 10.8 Å². The molecule has 10 aromatic rings. The van der Waals surface area contributed by atoms with E-state index in [4.69, 9.17) is 9.47 Å². The average Bonchev–Trinajstić information content (AvgIpc) is 3.42. The Morgan fingerprint density at radius 2 is 0.616 bits per heavy atom. The fourth-order valence-electron chi connectivity index (χ4n) is 12.1. The molecule has 0 amide bonds. The summed E-state index contributed by atoms with van der Waals surface area (Å²) in [5.41, 5.74) is 8.18. The quantitative estimate of drug-likeness (QED) is 0.106. The van der Waals surface area contributed by atoms with Gasteiger partial charge in [-0.25, -0.2) is 0 Å². The molecule has 0 unspecified atom stereocenters. The van der Waals surface area contributed by atoms with E-state index in [1.807, 2.05) is 0 Å². The summed E-state index contributed by atoms with van der Waals surface area (Å²) < 4.78 is 14.7. The van der Waals surface area contributed by atoms with Crippen molar-refractivity contribution in [2.75, 3.05) is 0 Å².